The number of β-amino-alcohol motifs (C(OH)–C–C–N with tert-alkyl or cyclic N) is 1. The quantitative estimate of drug-likeness (QED) is 0.0668. The van der Waals surface area contributed by atoms with E-state index >= 15 is 0 Å². The highest BCUT2D eigenvalue weighted by atomic mass is 32.2. The molecular formula is C15H34NO14P2S+. The van der Waals surface area contributed by atoms with Crippen LogP contribution in [0.2, 0.25) is 0 Å². The van der Waals surface area contributed by atoms with Crippen LogP contribution in [-0.4, -0.2) is 142 Å². The summed E-state index contributed by atoms with van der Waals surface area (Å²) in [4.78, 5) is 35.3. The van der Waals surface area contributed by atoms with Gasteiger partial charge in [0.05, 0.1) is 44.7 Å². The zero-order valence-corrected chi connectivity index (χ0v) is 20.3. The number of likely N-dealkylation sites (tertiary alicyclic amines) is 1. The fourth-order valence-electron chi connectivity index (χ4n) is 3.48. The van der Waals surface area contributed by atoms with Crippen molar-refractivity contribution in [1.29, 1.82) is 0 Å². The molecule has 1 unspecified atom stereocenters. The van der Waals surface area contributed by atoms with Gasteiger partial charge in [0, 0.05) is 19.5 Å². The van der Waals surface area contributed by atoms with Crippen LogP contribution in [0.1, 0.15) is 6.42 Å². The van der Waals surface area contributed by atoms with Crippen LogP contribution in [0, 0.1) is 0 Å². The summed E-state index contributed by atoms with van der Waals surface area (Å²) < 4.78 is 29.3. The van der Waals surface area contributed by atoms with Crippen LogP contribution < -0.4 is 0 Å². The average molecular weight is 546 g/mol. The van der Waals surface area contributed by atoms with Gasteiger partial charge in [-0.15, -0.1) is 0 Å². The Labute approximate surface area is 193 Å². The molecule has 0 spiro atoms. The number of hydrogen-bond acceptors (Lipinski definition) is 11. The first-order valence-electron chi connectivity index (χ1n) is 9.94. The fraction of sp³-hybridized carbons (Fsp3) is 1.00. The van der Waals surface area contributed by atoms with E-state index in [1.165, 1.54) is 4.90 Å². The zero-order chi connectivity index (χ0) is 25.4. The van der Waals surface area contributed by atoms with Crippen LogP contribution in [0.4, 0.5) is 0 Å². The van der Waals surface area contributed by atoms with E-state index in [0.29, 0.717) is 17.9 Å². The van der Waals surface area contributed by atoms with Crippen molar-refractivity contribution in [2.45, 2.75) is 42.1 Å². The summed E-state index contributed by atoms with van der Waals surface area (Å²) in [5, 5.41) is 55.5. The molecule has 18 heteroatoms. The second-order valence-corrected chi connectivity index (χ2v) is 12.4. The molecule has 33 heavy (non-hydrogen) atoms. The molecular weight excluding hydrogens is 512 g/mol. The van der Waals surface area contributed by atoms with Gasteiger partial charge in [0.15, 0.2) is 5.25 Å². The minimum absolute atomic E-state index is 0.0713. The molecule has 10 N–H and O–H groups in total. The summed E-state index contributed by atoms with van der Waals surface area (Å²) in [6.45, 7) is -0.589. The predicted molar refractivity (Wildman–Crippen MR) is 115 cm³/mol. The summed E-state index contributed by atoms with van der Waals surface area (Å²) in [6.07, 6.45) is -3.33. The number of rotatable bonds is 11. The molecule has 2 aliphatic rings. The van der Waals surface area contributed by atoms with Gasteiger partial charge in [-0.2, -0.15) is 0 Å². The van der Waals surface area contributed by atoms with E-state index in [0.717, 1.165) is 0 Å². The molecule has 7 atom stereocenters. The number of phosphoric acid groups is 2. The van der Waals surface area contributed by atoms with Gasteiger partial charge in [0.25, 0.3) is 0 Å². The highest BCUT2D eigenvalue weighted by Gasteiger charge is 2.48. The van der Waals surface area contributed by atoms with E-state index in [1.54, 1.807) is 0 Å². The molecule has 198 valence electrons. The molecule has 0 bridgehead atoms. The van der Waals surface area contributed by atoms with Gasteiger partial charge in [-0.25, -0.2) is 9.13 Å². The molecule has 0 aromatic carbocycles. The van der Waals surface area contributed by atoms with E-state index in [2.05, 4.69) is 9.05 Å². The molecule has 0 aromatic heterocycles. The average Bonchev–Trinajstić information content (AvgIpc) is 3.12. The number of phosphoric ester groups is 2. The Bertz CT molecular complexity index is 665. The van der Waals surface area contributed by atoms with Gasteiger partial charge in [0.2, 0.25) is 0 Å². The molecule has 0 aliphatic carbocycles. The van der Waals surface area contributed by atoms with Crippen molar-refractivity contribution in [2.24, 2.45) is 0 Å². The lowest BCUT2D eigenvalue weighted by Gasteiger charge is -2.23. The molecule has 2 heterocycles. The molecule has 0 aromatic rings. The maximum atomic E-state index is 10.4. The Kier molecular flexibility index (Phi) is 13.4. The third-order valence-corrected chi connectivity index (χ3v) is 8.99. The van der Waals surface area contributed by atoms with Gasteiger partial charge in [0.1, 0.15) is 23.7 Å². The maximum absolute atomic E-state index is 10.4. The molecule has 2 aliphatic heterocycles. The molecule has 0 saturated carbocycles. The molecule has 15 nitrogen and oxygen atoms in total. The summed E-state index contributed by atoms with van der Waals surface area (Å²) in [5.41, 5.74) is 0. The van der Waals surface area contributed by atoms with Crippen molar-refractivity contribution >= 4 is 26.5 Å². The summed E-state index contributed by atoms with van der Waals surface area (Å²) in [5.74, 6) is 0.988. The van der Waals surface area contributed by atoms with Gasteiger partial charge >= 0.3 is 15.6 Å². The van der Waals surface area contributed by atoms with Crippen molar-refractivity contribution in [3.8, 4) is 0 Å². The van der Waals surface area contributed by atoms with Crippen LogP contribution in [0.5, 0.6) is 0 Å². The first-order chi connectivity index (χ1) is 15.2. The number of hydrogen-bond donors (Lipinski definition) is 10. The first-order valence-corrected chi connectivity index (χ1v) is 14.6. The first kappa shape index (κ1) is 31.3. The standard InChI is InChI=1S/C8H17O7PS.C7H16NO7P/c9-4-7-8(11)6(10)5-17(7)3-1-2-15-16(12,13)14;9-4-5-7(11)6(10)3-8(5)1-2-15-16(12,13)14/h6-11H,1-5H2,(H-,12,13,14);5-7,9-11H,1-4H2,(H2,12,13,14)/p+1/t6-,7-,8+,17?;5-,6-,7-/m11/s1. The van der Waals surface area contributed by atoms with Gasteiger partial charge in [-0.1, -0.05) is 0 Å². The van der Waals surface area contributed by atoms with E-state index in [4.69, 9.17) is 29.8 Å². The lowest BCUT2D eigenvalue weighted by atomic mass is 10.1. The Morgan fingerprint density at radius 2 is 1.42 bits per heavy atom. The topological polar surface area (TPSA) is 258 Å². The maximum Gasteiger partial charge on any atom is 0.469 e. The van der Waals surface area contributed by atoms with Crippen molar-refractivity contribution in [1.82, 2.24) is 4.90 Å². The largest absolute Gasteiger partial charge is 0.469 e. The Hall–Kier alpha value is 0.290. The van der Waals surface area contributed by atoms with E-state index in [9.17, 15) is 29.6 Å². The minimum atomic E-state index is -4.50. The van der Waals surface area contributed by atoms with Crippen LogP contribution in [0.3, 0.4) is 0 Å². The third-order valence-electron chi connectivity index (χ3n) is 5.08. The van der Waals surface area contributed by atoms with E-state index < -0.39 is 46.1 Å². The molecule has 0 amide bonds. The Morgan fingerprint density at radius 1 is 0.848 bits per heavy atom. The fourth-order valence-corrected chi connectivity index (χ4v) is 6.79. The van der Waals surface area contributed by atoms with Crippen molar-refractivity contribution < 1.29 is 68.4 Å². The van der Waals surface area contributed by atoms with Gasteiger partial charge in [-0.05, 0) is 10.9 Å². The van der Waals surface area contributed by atoms with Gasteiger partial charge in [-0.3, -0.25) is 13.9 Å². The van der Waals surface area contributed by atoms with E-state index in [1.807, 2.05) is 0 Å². The van der Waals surface area contributed by atoms with Crippen molar-refractivity contribution in [3.63, 3.8) is 0 Å². The Morgan fingerprint density at radius 3 is 1.94 bits per heavy atom. The second-order valence-electron chi connectivity index (χ2n) is 7.49. The lowest BCUT2D eigenvalue weighted by molar-refractivity contribution is 0.0204. The molecule has 2 rings (SSSR count). The number of aliphatic hydroxyl groups excluding tert-OH is 6. The van der Waals surface area contributed by atoms with Gasteiger partial charge < -0.3 is 50.2 Å². The van der Waals surface area contributed by atoms with E-state index in [-0.39, 0.29) is 55.7 Å². The number of nitrogens with zero attached hydrogens (tertiary/aromatic N) is 1. The SMILES string of the molecule is O=P(O)(O)OCCC[S+]1C[C@@H](O)[C@H](O)[C@H]1CO.O=P(O)(O)OCCN1C[C@@H](O)[C@H](O)[C@H]1CO. The third kappa shape index (κ3) is 11.3. The highest BCUT2D eigenvalue weighted by Crippen LogP contribution is 2.36. The lowest BCUT2D eigenvalue weighted by Crippen LogP contribution is -2.40. The van der Waals surface area contributed by atoms with Crippen LogP contribution >= 0.6 is 15.6 Å². The van der Waals surface area contributed by atoms with Crippen molar-refractivity contribution in [2.75, 3.05) is 51.0 Å². The zero-order valence-electron chi connectivity index (χ0n) is 17.7. The van der Waals surface area contributed by atoms with Crippen LogP contribution in [0.25, 0.3) is 0 Å². The monoisotopic (exact) mass is 546 g/mol. The van der Waals surface area contributed by atoms with Crippen molar-refractivity contribution in [3.05, 3.63) is 0 Å². The number of aliphatic hydroxyl groups is 6. The minimum Gasteiger partial charge on any atom is -0.395 e. The van der Waals surface area contributed by atoms with Crippen LogP contribution in [0.15, 0.2) is 0 Å². The smallest absolute Gasteiger partial charge is 0.395 e. The molecule has 2 fully saturated rings. The predicted octanol–water partition coefficient (Wildman–Crippen LogP) is -4.31. The second kappa shape index (κ2) is 14.1. The summed E-state index contributed by atoms with van der Waals surface area (Å²) in [7, 11) is -9.25. The molecule has 0 radical (unpaired) electrons. The van der Waals surface area contributed by atoms with Crippen LogP contribution in [-0.2, 0) is 29.1 Å². The Balaban J connectivity index is 0.000000331. The summed E-state index contributed by atoms with van der Waals surface area (Å²) in [6, 6.07) is -0.629. The highest BCUT2D eigenvalue weighted by molar-refractivity contribution is 7.97. The molecule has 2 saturated heterocycles. The normalized spacial score (nSPS) is 33.2. The summed E-state index contributed by atoms with van der Waals surface area (Å²) >= 11 is 0.